The molecule has 0 saturated heterocycles. The maximum absolute atomic E-state index is 8.38. The molecule has 0 rings (SSSR count). The molecule has 0 bridgehead atoms. The maximum atomic E-state index is 8.38. The molecule has 4 heavy (non-hydrogen) atoms. The van der Waals surface area contributed by atoms with Gasteiger partial charge in [-0.1, -0.05) is 0 Å². The Morgan fingerprint density at radius 1 is 1.25 bits per heavy atom. The summed E-state index contributed by atoms with van der Waals surface area (Å²) >= 11 is 1.82. The molecule has 0 unspecified atom stereocenters. The molecule has 0 aromatic heterocycles. The first-order valence-corrected chi connectivity index (χ1v) is 2.23. The van der Waals surface area contributed by atoms with Crippen LogP contribution in [-0.2, 0) is 27.8 Å². The SMILES string of the molecule is [O]=[Ag].[O]=[GaH]. The van der Waals surface area contributed by atoms with E-state index in [-0.39, 0.29) is 18.6 Å². The zero-order chi connectivity index (χ0) is 4.00. The van der Waals surface area contributed by atoms with Crippen LogP contribution >= 0.6 is 0 Å². The van der Waals surface area contributed by atoms with E-state index < -0.39 is 0 Å². The first-order chi connectivity index (χ1) is 2.00. The van der Waals surface area contributed by atoms with Crippen LogP contribution in [0.15, 0.2) is 0 Å². The average molecular weight is 211 g/mol. The van der Waals surface area contributed by atoms with Gasteiger partial charge < -0.3 is 0 Å². The van der Waals surface area contributed by atoms with Crippen molar-refractivity contribution in [2.75, 3.05) is 0 Å². The number of rotatable bonds is 0. The second-order valence-corrected chi connectivity index (χ2v) is 0. The van der Waals surface area contributed by atoms with Gasteiger partial charge in [0.25, 0.3) is 0 Å². The van der Waals surface area contributed by atoms with Crippen molar-refractivity contribution in [3.63, 3.8) is 0 Å². The molecule has 4 heteroatoms. The van der Waals surface area contributed by atoms with Crippen molar-refractivity contribution in [1.29, 1.82) is 0 Å². The molecule has 0 radical (unpaired) electrons. The van der Waals surface area contributed by atoms with E-state index in [0.717, 1.165) is 0 Å². The number of hydrogen-bond acceptors (Lipinski definition) is 2. The molecule has 0 atom stereocenters. The predicted molar refractivity (Wildman–Crippen MR) is 8.52 cm³/mol. The van der Waals surface area contributed by atoms with Crippen molar-refractivity contribution < 1.29 is 27.8 Å². The van der Waals surface area contributed by atoms with Gasteiger partial charge in [-0.3, -0.25) is 0 Å². The Bertz CT molecular complexity index is 8.00. The summed E-state index contributed by atoms with van der Waals surface area (Å²) in [5.41, 5.74) is 0. The molecule has 2 nitrogen and oxygen atoms in total. The van der Waals surface area contributed by atoms with E-state index in [1.807, 2.05) is 0 Å². The van der Waals surface area contributed by atoms with Crippen LogP contribution < -0.4 is 0 Å². The second-order valence-electron chi connectivity index (χ2n) is 0. The molecular weight excluding hydrogens is 210 g/mol. The fourth-order valence-corrected chi connectivity index (χ4v) is 0. The fourth-order valence-electron chi connectivity index (χ4n) is 0. The van der Waals surface area contributed by atoms with Crippen molar-refractivity contribution in [3.8, 4) is 0 Å². The van der Waals surface area contributed by atoms with Gasteiger partial charge in [-0.05, 0) is 0 Å². The van der Waals surface area contributed by atoms with Crippen molar-refractivity contribution >= 4 is 18.6 Å². The zero-order valence-electron chi connectivity index (χ0n) is 1.83. The monoisotopic (exact) mass is 209 g/mol. The van der Waals surface area contributed by atoms with Gasteiger partial charge in [0.05, 0.1) is 0 Å². The summed E-state index contributed by atoms with van der Waals surface area (Å²) in [6.07, 6.45) is 0. The van der Waals surface area contributed by atoms with Gasteiger partial charge in [-0.2, -0.15) is 0 Å². The molecule has 27 valence electrons. The third-order valence-corrected chi connectivity index (χ3v) is 0. The van der Waals surface area contributed by atoms with Gasteiger partial charge >= 0.3 is 46.4 Å². The number of hydrogen-bond donors (Lipinski definition) is 0. The van der Waals surface area contributed by atoms with E-state index in [1.54, 1.807) is 21.0 Å². The molecule has 0 fully saturated rings. The van der Waals surface area contributed by atoms with E-state index in [4.69, 9.17) is 6.79 Å². The summed E-state index contributed by atoms with van der Waals surface area (Å²) in [5.74, 6) is 0. The van der Waals surface area contributed by atoms with Crippen molar-refractivity contribution in [2.45, 2.75) is 0 Å². The van der Waals surface area contributed by atoms with Crippen LogP contribution in [0.1, 0.15) is 0 Å². The molecule has 0 aliphatic carbocycles. The standard InChI is InChI=1S/Ag.Ga.2O.H. The average Bonchev–Trinajstić information content (AvgIpc) is 1.50. The van der Waals surface area contributed by atoms with E-state index in [0.29, 0.717) is 0 Å². The van der Waals surface area contributed by atoms with Crippen molar-refractivity contribution in [1.82, 2.24) is 0 Å². The fraction of sp³-hybridized carbons (Fsp3) is 0. The predicted octanol–water partition coefficient (Wildman–Crippen LogP) is -0.889. The van der Waals surface area contributed by atoms with Crippen LogP contribution in [0, 0.1) is 0 Å². The topological polar surface area (TPSA) is 34.1 Å². The quantitative estimate of drug-likeness (QED) is 0.487. The van der Waals surface area contributed by atoms with E-state index in [1.165, 1.54) is 0 Å². The Morgan fingerprint density at radius 3 is 1.25 bits per heavy atom. The Labute approximate surface area is 46.4 Å². The zero-order valence-corrected chi connectivity index (χ0v) is 6.27. The van der Waals surface area contributed by atoms with Crippen LogP contribution in [0.5, 0.6) is 0 Å². The van der Waals surface area contributed by atoms with Gasteiger partial charge in [0.1, 0.15) is 0 Å². The Balaban J connectivity index is 0. The second kappa shape index (κ2) is 36.9. The van der Waals surface area contributed by atoms with Gasteiger partial charge in [0.2, 0.25) is 0 Å². The summed E-state index contributed by atoms with van der Waals surface area (Å²) in [6, 6.07) is 0. The molecule has 0 aromatic carbocycles. The summed E-state index contributed by atoms with van der Waals surface area (Å²) in [6.45, 7) is 0. The Morgan fingerprint density at radius 2 is 1.25 bits per heavy atom. The van der Waals surface area contributed by atoms with Crippen LogP contribution in [-0.4, -0.2) is 18.6 Å². The Kier molecular flexibility index (Phi) is 82.0. The molecule has 0 aromatic rings. The van der Waals surface area contributed by atoms with E-state index >= 15 is 0 Å². The Hall–Kier alpha value is 0.977. The summed E-state index contributed by atoms with van der Waals surface area (Å²) < 4.78 is 16.4. The van der Waals surface area contributed by atoms with Crippen LogP contribution in [0.2, 0.25) is 0 Å². The summed E-state index contributed by atoms with van der Waals surface area (Å²) in [4.78, 5) is 0. The molecule has 0 heterocycles. The van der Waals surface area contributed by atoms with E-state index in [9.17, 15) is 0 Å². The molecule has 0 aliphatic rings. The van der Waals surface area contributed by atoms with E-state index in [2.05, 4.69) is 0 Å². The molecule has 0 saturated carbocycles. The molecule has 0 spiro atoms. The summed E-state index contributed by atoms with van der Waals surface area (Å²) in [5, 5.41) is 0. The van der Waals surface area contributed by atoms with Crippen LogP contribution in [0.25, 0.3) is 0 Å². The van der Waals surface area contributed by atoms with Crippen molar-refractivity contribution in [2.24, 2.45) is 0 Å². The van der Waals surface area contributed by atoms with Gasteiger partial charge in [0.15, 0.2) is 0 Å². The molecule has 0 amide bonds. The van der Waals surface area contributed by atoms with Gasteiger partial charge in [-0.15, -0.1) is 0 Å². The van der Waals surface area contributed by atoms with Gasteiger partial charge in [0, 0.05) is 0 Å². The minimum atomic E-state index is 0.125. The first-order valence-electron chi connectivity index (χ1n) is 0.412. The van der Waals surface area contributed by atoms with Crippen molar-refractivity contribution in [3.05, 3.63) is 0 Å². The summed E-state index contributed by atoms with van der Waals surface area (Å²) in [7, 11) is 0. The first kappa shape index (κ1) is 8.88. The third kappa shape index (κ3) is 12.2. The minimum absolute atomic E-state index is 0.125. The molecule has 0 N–H and O–H groups in total. The molecular formula is HAgGaO2. The molecule has 0 aliphatic heterocycles. The van der Waals surface area contributed by atoms with Gasteiger partial charge in [-0.25, -0.2) is 0 Å². The normalized spacial score (nSPS) is 2.25. The third-order valence-electron chi connectivity index (χ3n) is 0. The van der Waals surface area contributed by atoms with Crippen LogP contribution in [0.4, 0.5) is 0 Å². The van der Waals surface area contributed by atoms with Crippen LogP contribution in [0.3, 0.4) is 0 Å².